The highest BCUT2D eigenvalue weighted by Crippen LogP contribution is 2.08. The molecule has 5 nitrogen and oxygen atoms in total. The van der Waals surface area contributed by atoms with Crippen LogP contribution in [0.3, 0.4) is 0 Å². The lowest BCUT2D eigenvalue weighted by molar-refractivity contribution is -0.917. The number of nitrogens with zero attached hydrogens (tertiary/aromatic N) is 1. The van der Waals surface area contributed by atoms with Crippen LogP contribution in [-0.2, 0) is 14.9 Å². The maximum Gasteiger partial charge on any atom is 0.102 e. The van der Waals surface area contributed by atoms with Gasteiger partial charge in [-0.2, -0.15) is 0 Å². The Bertz CT molecular complexity index is 321. The van der Waals surface area contributed by atoms with Crippen LogP contribution in [0.2, 0.25) is 0 Å². The van der Waals surface area contributed by atoms with E-state index in [4.69, 9.17) is 4.74 Å². The Kier molecular flexibility index (Phi) is 8.43. The highest BCUT2D eigenvalue weighted by molar-refractivity contribution is 7.85. The van der Waals surface area contributed by atoms with Crippen molar-refractivity contribution in [2.75, 3.05) is 45.6 Å². The molecule has 108 valence electrons. The van der Waals surface area contributed by atoms with E-state index >= 15 is 0 Å². The van der Waals surface area contributed by atoms with Crippen molar-refractivity contribution in [1.29, 1.82) is 0 Å². The van der Waals surface area contributed by atoms with Gasteiger partial charge in [0.25, 0.3) is 0 Å². The summed E-state index contributed by atoms with van der Waals surface area (Å²) in [6.45, 7) is 11.0. The van der Waals surface area contributed by atoms with Gasteiger partial charge in [-0.05, 0) is 6.42 Å². The molecule has 0 aromatic heterocycles. The molecule has 1 saturated heterocycles. The van der Waals surface area contributed by atoms with E-state index in [1.807, 2.05) is 0 Å². The van der Waals surface area contributed by atoms with Crippen LogP contribution in [-0.4, -0.2) is 63.1 Å². The Morgan fingerprint density at radius 1 is 1.39 bits per heavy atom. The molecule has 0 N–H and O–H groups in total. The van der Waals surface area contributed by atoms with Gasteiger partial charge in [-0.3, -0.25) is 0 Å². The molecule has 1 rings (SSSR count). The number of rotatable bonds is 5. The Morgan fingerprint density at radius 3 is 2.28 bits per heavy atom. The first kappa shape index (κ1) is 17.6. The zero-order valence-electron chi connectivity index (χ0n) is 11.4. The molecule has 0 aliphatic carbocycles. The number of hydrogen-bond donors (Lipinski definition) is 0. The third-order valence-electron chi connectivity index (χ3n) is 2.92. The summed E-state index contributed by atoms with van der Waals surface area (Å²) in [5, 5.41) is 0. The second kappa shape index (κ2) is 8.63. The fourth-order valence-electron chi connectivity index (χ4n) is 1.69. The summed E-state index contributed by atoms with van der Waals surface area (Å²) < 4.78 is 35.4. The molecule has 0 bridgehead atoms. The minimum absolute atomic E-state index is 0.479. The largest absolute Gasteiger partial charge is 0.748 e. The van der Waals surface area contributed by atoms with E-state index in [1.54, 1.807) is 0 Å². The van der Waals surface area contributed by atoms with Gasteiger partial charge in [-0.15, -0.1) is 6.58 Å². The van der Waals surface area contributed by atoms with E-state index in [0.29, 0.717) is 0 Å². The van der Waals surface area contributed by atoms with Gasteiger partial charge in [-0.25, -0.2) is 8.42 Å². The van der Waals surface area contributed by atoms with Gasteiger partial charge in [0.2, 0.25) is 0 Å². The van der Waals surface area contributed by atoms with Crippen LogP contribution < -0.4 is 0 Å². The molecule has 0 atom stereocenters. The molecule has 0 unspecified atom stereocenters. The SMILES string of the molecule is C=CCS(=O)(=O)[O-].CCCC[N+]1(C)CCOCC1. The van der Waals surface area contributed by atoms with Crippen LogP contribution >= 0.6 is 0 Å². The van der Waals surface area contributed by atoms with E-state index in [1.165, 1.54) is 37.0 Å². The molecule has 0 aromatic rings. The number of morpholine rings is 1. The first-order chi connectivity index (χ1) is 8.33. The first-order valence-electron chi connectivity index (χ1n) is 6.29. The van der Waals surface area contributed by atoms with Gasteiger partial charge in [0.05, 0.1) is 42.7 Å². The average molecular weight is 279 g/mol. The van der Waals surface area contributed by atoms with Gasteiger partial charge >= 0.3 is 0 Å². The summed E-state index contributed by atoms with van der Waals surface area (Å²) >= 11 is 0. The molecule has 1 fully saturated rings. The zero-order chi connectivity index (χ0) is 14.1. The number of ether oxygens (including phenoxy) is 1. The second-order valence-electron chi connectivity index (χ2n) is 4.77. The van der Waals surface area contributed by atoms with Crippen LogP contribution in [0.4, 0.5) is 0 Å². The van der Waals surface area contributed by atoms with Crippen LogP contribution in [0.15, 0.2) is 12.7 Å². The van der Waals surface area contributed by atoms with E-state index in [0.717, 1.165) is 19.3 Å². The predicted octanol–water partition coefficient (Wildman–Crippen LogP) is 0.981. The molecule has 1 aliphatic heterocycles. The Morgan fingerprint density at radius 2 is 1.94 bits per heavy atom. The van der Waals surface area contributed by atoms with Crippen molar-refractivity contribution >= 4 is 10.1 Å². The Balaban J connectivity index is 0.000000360. The van der Waals surface area contributed by atoms with Crippen molar-refractivity contribution in [3.05, 3.63) is 12.7 Å². The molecule has 0 amide bonds. The maximum atomic E-state index is 9.60. The van der Waals surface area contributed by atoms with Crippen LogP contribution in [0.25, 0.3) is 0 Å². The fraction of sp³-hybridized carbons (Fsp3) is 0.833. The summed E-state index contributed by atoms with van der Waals surface area (Å²) in [7, 11) is -1.70. The highest BCUT2D eigenvalue weighted by Gasteiger charge is 2.23. The molecule has 6 heteroatoms. The second-order valence-corrected chi connectivity index (χ2v) is 6.22. The van der Waals surface area contributed by atoms with Crippen molar-refractivity contribution < 1.29 is 22.2 Å². The lowest BCUT2D eigenvalue weighted by atomic mass is 10.2. The van der Waals surface area contributed by atoms with Gasteiger partial charge in [0, 0.05) is 0 Å². The molecule has 1 aliphatic rings. The number of hydrogen-bond acceptors (Lipinski definition) is 4. The van der Waals surface area contributed by atoms with E-state index in [9.17, 15) is 13.0 Å². The minimum Gasteiger partial charge on any atom is -0.748 e. The monoisotopic (exact) mass is 279 g/mol. The van der Waals surface area contributed by atoms with E-state index in [2.05, 4.69) is 20.6 Å². The van der Waals surface area contributed by atoms with Gasteiger partial charge in [0.1, 0.15) is 13.1 Å². The summed E-state index contributed by atoms with van der Waals surface area (Å²) in [5.74, 6) is -0.479. The normalized spacial score (nSPS) is 18.6. The number of likely N-dealkylation sites (N-methyl/N-ethyl adjacent to an activating group) is 1. The molecular weight excluding hydrogens is 254 g/mol. The van der Waals surface area contributed by atoms with Gasteiger partial charge < -0.3 is 13.8 Å². The van der Waals surface area contributed by atoms with Crippen molar-refractivity contribution in [2.45, 2.75) is 19.8 Å². The van der Waals surface area contributed by atoms with Crippen molar-refractivity contribution in [3.63, 3.8) is 0 Å². The lowest BCUT2D eigenvalue weighted by Gasteiger charge is -2.37. The number of quaternary nitrogens is 1. The van der Waals surface area contributed by atoms with Crippen molar-refractivity contribution in [1.82, 2.24) is 0 Å². The summed E-state index contributed by atoms with van der Waals surface area (Å²) in [6.07, 6.45) is 3.73. The molecule has 0 radical (unpaired) electrons. The quantitative estimate of drug-likeness (QED) is 0.427. The Hall–Kier alpha value is -0.430. The molecule has 0 spiro atoms. The highest BCUT2D eigenvalue weighted by atomic mass is 32.2. The molecular formula is C12H25NO4S. The molecule has 0 aromatic carbocycles. The van der Waals surface area contributed by atoms with E-state index in [-0.39, 0.29) is 0 Å². The van der Waals surface area contributed by atoms with Crippen LogP contribution in [0.5, 0.6) is 0 Å². The number of unbranched alkanes of at least 4 members (excludes halogenated alkanes) is 1. The van der Waals surface area contributed by atoms with Crippen molar-refractivity contribution in [3.8, 4) is 0 Å². The summed E-state index contributed by atoms with van der Waals surface area (Å²) in [6, 6.07) is 0. The predicted molar refractivity (Wildman–Crippen MR) is 71.3 cm³/mol. The van der Waals surface area contributed by atoms with Crippen LogP contribution in [0.1, 0.15) is 19.8 Å². The third kappa shape index (κ3) is 9.58. The van der Waals surface area contributed by atoms with Crippen LogP contribution in [0, 0.1) is 0 Å². The molecule has 18 heavy (non-hydrogen) atoms. The molecule has 0 saturated carbocycles. The Labute approximate surface area is 111 Å². The van der Waals surface area contributed by atoms with Gasteiger partial charge in [0.15, 0.2) is 0 Å². The smallest absolute Gasteiger partial charge is 0.102 e. The first-order valence-corrected chi connectivity index (χ1v) is 7.86. The maximum absolute atomic E-state index is 9.60. The zero-order valence-corrected chi connectivity index (χ0v) is 12.2. The minimum atomic E-state index is -4.04. The average Bonchev–Trinajstić information content (AvgIpc) is 2.27. The van der Waals surface area contributed by atoms with Crippen molar-refractivity contribution in [2.24, 2.45) is 0 Å². The van der Waals surface area contributed by atoms with E-state index < -0.39 is 15.9 Å². The van der Waals surface area contributed by atoms with Gasteiger partial charge in [-0.1, -0.05) is 19.4 Å². The third-order valence-corrected chi connectivity index (χ3v) is 3.57. The topological polar surface area (TPSA) is 66.4 Å². The summed E-state index contributed by atoms with van der Waals surface area (Å²) in [4.78, 5) is 0. The molecule has 1 heterocycles. The summed E-state index contributed by atoms with van der Waals surface area (Å²) in [5.41, 5.74) is 0. The fourth-order valence-corrected chi connectivity index (χ4v) is 1.98. The lowest BCUT2D eigenvalue weighted by Crippen LogP contribution is -2.52. The standard InChI is InChI=1S/C9H20NO.C3H6O3S/c1-3-4-5-10(2)6-8-11-9-7-10;1-2-3-7(4,5)6/h3-9H2,1-2H3;2H,1,3H2,(H,4,5,6)/q+1;/p-1.